The highest BCUT2D eigenvalue weighted by molar-refractivity contribution is 7.71. The molecule has 0 saturated heterocycles. The number of hydrogen-bond acceptors (Lipinski definition) is 4. The van der Waals surface area contributed by atoms with Crippen LogP contribution in [0.4, 0.5) is 4.39 Å². The van der Waals surface area contributed by atoms with Gasteiger partial charge in [-0.1, -0.05) is 12.1 Å². The second-order valence-electron chi connectivity index (χ2n) is 8.04. The van der Waals surface area contributed by atoms with Gasteiger partial charge in [0.25, 0.3) is 0 Å². The normalized spacial score (nSPS) is 13.9. The first kappa shape index (κ1) is 20.8. The van der Waals surface area contributed by atoms with Crippen molar-refractivity contribution in [1.29, 1.82) is 0 Å². The van der Waals surface area contributed by atoms with E-state index in [1.165, 1.54) is 25.0 Å². The van der Waals surface area contributed by atoms with Gasteiger partial charge in [0.2, 0.25) is 0 Å². The molecule has 0 bridgehead atoms. The highest BCUT2D eigenvalue weighted by Gasteiger charge is 2.30. The Morgan fingerprint density at radius 2 is 1.80 bits per heavy atom. The number of aromatic nitrogens is 3. The third kappa shape index (κ3) is 4.47. The smallest absolute Gasteiger partial charge is 0.199 e. The van der Waals surface area contributed by atoms with E-state index < -0.39 is 0 Å². The Bertz CT molecular complexity index is 1050. The average molecular weight is 427 g/mol. The number of halogens is 1. The maximum atomic E-state index is 13.3. The van der Waals surface area contributed by atoms with Gasteiger partial charge >= 0.3 is 0 Å². The number of rotatable bonds is 8. The highest BCUT2D eigenvalue weighted by atomic mass is 32.1. The van der Waals surface area contributed by atoms with Gasteiger partial charge in [-0.25, -0.2) is 9.07 Å². The third-order valence-electron chi connectivity index (χ3n) is 5.41. The van der Waals surface area contributed by atoms with Crippen molar-refractivity contribution in [2.24, 2.45) is 0 Å². The molecular formula is C23H27FN4OS. The molecule has 0 unspecified atom stereocenters. The molecule has 4 rings (SSSR count). The molecule has 3 aromatic rings. The van der Waals surface area contributed by atoms with E-state index in [9.17, 15) is 4.39 Å². The molecule has 1 saturated carbocycles. The van der Waals surface area contributed by atoms with Crippen LogP contribution in [0.1, 0.15) is 38.3 Å². The summed E-state index contributed by atoms with van der Waals surface area (Å²) < 4.78 is 23.3. The van der Waals surface area contributed by atoms with Crippen LogP contribution in [0.25, 0.3) is 11.4 Å². The molecule has 0 spiro atoms. The summed E-state index contributed by atoms with van der Waals surface area (Å²) in [5, 5.41) is 4.90. The van der Waals surface area contributed by atoms with E-state index in [4.69, 9.17) is 22.1 Å². The quantitative estimate of drug-likeness (QED) is 0.450. The van der Waals surface area contributed by atoms with E-state index in [1.807, 2.05) is 41.1 Å². The first-order valence-electron chi connectivity index (χ1n) is 10.3. The van der Waals surface area contributed by atoms with Gasteiger partial charge in [-0.15, -0.1) is 0 Å². The largest absolute Gasteiger partial charge is 0.497 e. The molecule has 0 atom stereocenters. The number of benzene rings is 2. The zero-order chi connectivity index (χ0) is 21.3. The molecule has 1 aromatic heterocycles. The van der Waals surface area contributed by atoms with Gasteiger partial charge in [0.05, 0.1) is 13.8 Å². The zero-order valence-electron chi connectivity index (χ0n) is 17.6. The summed E-state index contributed by atoms with van der Waals surface area (Å²) in [5.74, 6) is 1.46. The van der Waals surface area contributed by atoms with Gasteiger partial charge in [-0.05, 0) is 80.9 Å². The summed E-state index contributed by atoms with van der Waals surface area (Å²) in [4.78, 5) is 2.37. The number of hydrogen-bond donors (Lipinski definition) is 0. The monoisotopic (exact) mass is 426 g/mol. The third-order valence-corrected chi connectivity index (χ3v) is 5.82. The lowest BCUT2D eigenvalue weighted by Crippen LogP contribution is -2.29. The fourth-order valence-electron chi connectivity index (χ4n) is 3.65. The molecule has 1 fully saturated rings. The number of methoxy groups -OCH3 is 1. The van der Waals surface area contributed by atoms with Crippen molar-refractivity contribution in [2.75, 3.05) is 7.11 Å². The van der Waals surface area contributed by atoms with Crippen LogP contribution in [0.5, 0.6) is 5.75 Å². The summed E-state index contributed by atoms with van der Waals surface area (Å²) in [5.41, 5.74) is 2.10. The zero-order valence-corrected chi connectivity index (χ0v) is 18.4. The number of nitrogens with zero attached hydrogens (tertiary/aromatic N) is 4. The van der Waals surface area contributed by atoms with Crippen molar-refractivity contribution in [2.45, 2.75) is 52.0 Å². The summed E-state index contributed by atoms with van der Waals surface area (Å²) >= 11 is 5.81. The lowest BCUT2D eigenvalue weighted by atomic mass is 10.2. The molecule has 5 nitrogen and oxygen atoms in total. The second-order valence-corrected chi connectivity index (χ2v) is 8.41. The average Bonchev–Trinajstić information content (AvgIpc) is 3.53. The van der Waals surface area contributed by atoms with Crippen LogP contribution in [-0.4, -0.2) is 32.4 Å². The van der Waals surface area contributed by atoms with E-state index >= 15 is 0 Å². The highest BCUT2D eigenvalue weighted by Crippen LogP contribution is 2.30. The van der Waals surface area contributed by atoms with Gasteiger partial charge in [0.15, 0.2) is 10.6 Å². The molecular weight excluding hydrogens is 399 g/mol. The molecule has 0 radical (unpaired) electrons. The van der Waals surface area contributed by atoms with E-state index in [2.05, 4.69) is 23.3 Å². The maximum Gasteiger partial charge on any atom is 0.199 e. The van der Waals surface area contributed by atoms with Crippen LogP contribution in [0.15, 0.2) is 48.5 Å². The lowest BCUT2D eigenvalue weighted by Gasteiger charge is -2.22. The molecule has 0 amide bonds. The van der Waals surface area contributed by atoms with Crippen LogP contribution in [0.2, 0.25) is 0 Å². The minimum absolute atomic E-state index is 0.190. The van der Waals surface area contributed by atoms with Crippen LogP contribution < -0.4 is 4.74 Å². The summed E-state index contributed by atoms with van der Waals surface area (Å²) in [6.07, 6.45) is 2.34. The molecule has 30 heavy (non-hydrogen) atoms. The Labute approximate surface area is 181 Å². The van der Waals surface area contributed by atoms with Crippen LogP contribution in [-0.2, 0) is 13.2 Å². The predicted molar refractivity (Wildman–Crippen MR) is 118 cm³/mol. The lowest BCUT2D eigenvalue weighted by molar-refractivity contribution is 0.186. The fraction of sp³-hybridized carbons (Fsp3) is 0.391. The van der Waals surface area contributed by atoms with Gasteiger partial charge in [0, 0.05) is 24.2 Å². The van der Waals surface area contributed by atoms with E-state index in [0.29, 0.717) is 17.5 Å². The van der Waals surface area contributed by atoms with Gasteiger partial charge in [-0.2, -0.15) is 5.10 Å². The minimum Gasteiger partial charge on any atom is -0.497 e. The molecule has 0 N–H and O–H groups in total. The molecule has 158 valence electrons. The van der Waals surface area contributed by atoms with E-state index in [0.717, 1.165) is 29.2 Å². The van der Waals surface area contributed by atoms with Gasteiger partial charge in [0.1, 0.15) is 11.6 Å². The van der Waals surface area contributed by atoms with Crippen molar-refractivity contribution in [1.82, 2.24) is 19.2 Å². The van der Waals surface area contributed by atoms with Crippen molar-refractivity contribution in [3.05, 3.63) is 64.7 Å². The van der Waals surface area contributed by atoms with Crippen molar-refractivity contribution in [3.63, 3.8) is 0 Å². The Morgan fingerprint density at radius 3 is 2.37 bits per heavy atom. The SMILES string of the molecule is COc1ccc(-c2nn(CN(Cc3ccc(F)cc3)C3CC3)c(=S)n2C(C)C)cc1. The molecule has 2 aromatic carbocycles. The predicted octanol–water partition coefficient (Wildman–Crippen LogP) is 5.43. The second kappa shape index (κ2) is 8.70. The fourth-order valence-corrected chi connectivity index (χ4v) is 4.04. The maximum absolute atomic E-state index is 13.3. The van der Waals surface area contributed by atoms with Crippen molar-refractivity contribution < 1.29 is 9.13 Å². The Kier molecular flexibility index (Phi) is 6.01. The first-order valence-corrected chi connectivity index (χ1v) is 10.7. The Hall–Kier alpha value is -2.51. The standard InChI is InChI=1S/C23H27FN4OS/c1-16(2)28-22(18-6-12-21(29-3)13-7-18)25-27(23(28)30)15-26(20-10-11-20)14-17-4-8-19(24)9-5-17/h4-9,12-13,16,20H,10-11,14-15H2,1-3H3. The molecule has 7 heteroatoms. The molecule has 1 aliphatic rings. The Balaban J connectivity index is 1.64. The van der Waals surface area contributed by atoms with E-state index in [1.54, 1.807) is 7.11 Å². The number of ether oxygens (including phenoxy) is 1. The first-order chi connectivity index (χ1) is 14.5. The topological polar surface area (TPSA) is 35.2 Å². The summed E-state index contributed by atoms with van der Waals surface area (Å²) in [7, 11) is 1.66. The van der Waals surface area contributed by atoms with Crippen LogP contribution in [0, 0.1) is 10.6 Å². The molecule has 0 aliphatic heterocycles. The van der Waals surface area contributed by atoms with Crippen LogP contribution >= 0.6 is 12.2 Å². The van der Waals surface area contributed by atoms with Gasteiger partial charge in [-0.3, -0.25) is 9.47 Å². The molecule has 1 aliphatic carbocycles. The van der Waals surface area contributed by atoms with Crippen LogP contribution in [0.3, 0.4) is 0 Å². The Morgan fingerprint density at radius 1 is 1.13 bits per heavy atom. The minimum atomic E-state index is -0.209. The van der Waals surface area contributed by atoms with Gasteiger partial charge < -0.3 is 4.74 Å². The molecule has 1 heterocycles. The van der Waals surface area contributed by atoms with Crippen molar-refractivity contribution >= 4 is 12.2 Å². The van der Waals surface area contributed by atoms with Crippen molar-refractivity contribution in [3.8, 4) is 17.1 Å². The summed E-state index contributed by atoms with van der Waals surface area (Å²) in [6.45, 7) is 5.60. The summed E-state index contributed by atoms with van der Waals surface area (Å²) in [6, 6.07) is 15.3. The van der Waals surface area contributed by atoms with E-state index in [-0.39, 0.29) is 11.9 Å².